The predicted molar refractivity (Wildman–Crippen MR) is 116 cm³/mol. The molecule has 160 valence electrons. The highest BCUT2D eigenvalue weighted by Gasteiger charge is 2.56. The molecule has 2 aliphatic heterocycles. The van der Waals surface area contributed by atoms with Gasteiger partial charge in [-0.2, -0.15) is 0 Å². The molecule has 2 saturated heterocycles. The Morgan fingerprint density at radius 3 is 2.37 bits per heavy atom. The van der Waals surface area contributed by atoms with Gasteiger partial charge in [0.1, 0.15) is 18.3 Å². The van der Waals surface area contributed by atoms with Crippen LogP contribution in [0.3, 0.4) is 0 Å². The van der Waals surface area contributed by atoms with Gasteiger partial charge in [0.05, 0.1) is 6.61 Å². The van der Waals surface area contributed by atoms with Crippen LogP contribution in [0, 0.1) is 0 Å². The zero-order valence-corrected chi connectivity index (χ0v) is 17.7. The Kier molecular flexibility index (Phi) is 6.66. The summed E-state index contributed by atoms with van der Waals surface area (Å²) in [4.78, 5) is 0. The normalized spacial score (nSPS) is 28.2. The van der Waals surface area contributed by atoms with Crippen molar-refractivity contribution in [1.82, 2.24) is 5.32 Å². The number of ether oxygens (including phenoxy) is 4. The van der Waals surface area contributed by atoms with E-state index < -0.39 is 12.1 Å². The van der Waals surface area contributed by atoms with E-state index >= 15 is 0 Å². The molecule has 2 fully saturated rings. The van der Waals surface area contributed by atoms with Crippen LogP contribution in [0.1, 0.15) is 31.4 Å². The van der Waals surface area contributed by atoms with Crippen LogP contribution in [0.15, 0.2) is 73.3 Å². The molecular weight excluding hydrogens is 378 g/mol. The summed E-state index contributed by atoms with van der Waals surface area (Å²) in [5.41, 5.74) is 2.34. The van der Waals surface area contributed by atoms with Gasteiger partial charge in [-0.15, -0.1) is 6.58 Å². The monoisotopic (exact) mass is 409 g/mol. The Balaban J connectivity index is 1.49. The summed E-state index contributed by atoms with van der Waals surface area (Å²) in [5.74, 6) is -0.680. The summed E-state index contributed by atoms with van der Waals surface area (Å²) in [6, 6.07) is 20.5. The molecule has 0 aliphatic carbocycles. The Labute approximate surface area is 179 Å². The molecule has 2 aromatic rings. The first-order valence-electron chi connectivity index (χ1n) is 10.6. The molecule has 4 rings (SSSR count). The average Bonchev–Trinajstić information content (AvgIpc) is 3.22. The van der Waals surface area contributed by atoms with Gasteiger partial charge in [-0.25, -0.2) is 0 Å². The predicted octanol–water partition coefficient (Wildman–Crippen LogP) is 4.18. The SMILES string of the molecule is C=CC[C@@H](NCc1ccccc1)[C@H]1O[C@@H]2OC(C)(C)O[C@@H]2[C@H]1OCc1ccccc1. The molecule has 2 aromatic carbocycles. The van der Waals surface area contributed by atoms with Crippen molar-refractivity contribution in [1.29, 1.82) is 0 Å². The van der Waals surface area contributed by atoms with Crippen LogP contribution in [0.2, 0.25) is 0 Å². The zero-order chi connectivity index (χ0) is 21.0. The van der Waals surface area contributed by atoms with Crippen molar-refractivity contribution in [2.45, 2.75) is 69.9 Å². The summed E-state index contributed by atoms with van der Waals surface area (Å²) in [6.45, 7) is 9.00. The third kappa shape index (κ3) is 4.99. The van der Waals surface area contributed by atoms with E-state index in [4.69, 9.17) is 18.9 Å². The van der Waals surface area contributed by atoms with Crippen molar-refractivity contribution in [3.05, 3.63) is 84.4 Å². The van der Waals surface area contributed by atoms with Crippen molar-refractivity contribution < 1.29 is 18.9 Å². The van der Waals surface area contributed by atoms with Crippen molar-refractivity contribution >= 4 is 0 Å². The summed E-state index contributed by atoms with van der Waals surface area (Å²) in [6.07, 6.45) is 1.52. The van der Waals surface area contributed by atoms with Crippen LogP contribution in [-0.2, 0) is 32.1 Å². The largest absolute Gasteiger partial charge is 0.368 e. The molecule has 1 N–H and O–H groups in total. The van der Waals surface area contributed by atoms with Crippen LogP contribution in [0.4, 0.5) is 0 Å². The number of rotatable bonds is 9. The number of nitrogens with one attached hydrogen (secondary N) is 1. The van der Waals surface area contributed by atoms with Crippen LogP contribution >= 0.6 is 0 Å². The van der Waals surface area contributed by atoms with Gasteiger partial charge in [0.25, 0.3) is 0 Å². The quantitative estimate of drug-likeness (QED) is 0.630. The number of benzene rings is 2. The minimum Gasteiger partial charge on any atom is -0.368 e. The van der Waals surface area contributed by atoms with E-state index in [1.54, 1.807) is 0 Å². The molecule has 0 amide bonds. The Bertz CT molecular complexity index is 810. The summed E-state index contributed by atoms with van der Waals surface area (Å²) in [7, 11) is 0. The Morgan fingerprint density at radius 2 is 1.70 bits per heavy atom. The van der Waals surface area contributed by atoms with Gasteiger partial charge in [0, 0.05) is 12.6 Å². The molecule has 30 heavy (non-hydrogen) atoms. The number of hydrogen-bond donors (Lipinski definition) is 1. The summed E-state index contributed by atoms with van der Waals surface area (Å²) < 4.78 is 24.9. The molecule has 5 nitrogen and oxygen atoms in total. The lowest BCUT2D eigenvalue weighted by Crippen LogP contribution is -2.48. The molecule has 0 unspecified atom stereocenters. The second kappa shape index (κ2) is 9.41. The van der Waals surface area contributed by atoms with Crippen molar-refractivity contribution in [3.63, 3.8) is 0 Å². The van der Waals surface area contributed by atoms with Crippen molar-refractivity contribution in [2.24, 2.45) is 0 Å². The first-order valence-corrected chi connectivity index (χ1v) is 10.6. The molecule has 2 aliphatic rings. The van der Waals surface area contributed by atoms with E-state index in [1.807, 2.05) is 56.3 Å². The van der Waals surface area contributed by atoms with Crippen LogP contribution in [0.5, 0.6) is 0 Å². The average molecular weight is 410 g/mol. The van der Waals surface area contributed by atoms with E-state index in [9.17, 15) is 0 Å². The maximum absolute atomic E-state index is 6.38. The van der Waals surface area contributed by atoms with Gasteiger partial charge >= 0.3 is 0 Å². The first-order chi connectivity index (χ1) is 14.6. The molecule has 0 bridgehead atoms. The van der Waals surface area contributed by atoms with E-state index in [0.29, 0.717) is 6.61 Å². The van der Waals surface area contributed by atoms with Crippen LogP contribution in [0.25, 0.3) is 0 Å². The fraction of sp³-hybridized carbons (Fsp3) is 0.440. The topological polar surface area (TPSA) is 49.0 Å². The fourth-order valence-electron chi connectivity index (χ4n) is 4.14. The molecule has 0 aromatic heterocycles. The van der Waals surface area contributed by atoms with Gasteiger partial charge in [0.2, 0.25) is 0 Å². The van der Waals surface area contributed by atoms with Gasteiger partial charge in [-0.3, -0.25) is 0 Å². The van der Waals surface area contributed by atoms with Gasteiger partial charge < -0.3 is 24.3 Å². The van der Waals surface area contributed by atoms with E-state index in [-0.39, 0.29) is 24.4 Å². The van der Waals surface area contributed by atoms with E-state index in [2.05, 4.69) is 36.2 Å². The van der Waals surface area contributed by atoms with E-state index in [1.165, 1.54) is 5.56 Å². The third-order valence-corrected chi connectivity index (χ3v) is 5.54. The maximum atomic E-state index is 6.38. The lowest BCUT2D eigenvalue weighted by atomic mass is 10.00. The molecule has 5 heteroatoms. The highest BCUT2D eigenvalue weighted by Crippen LogP contribution is 2.40. The van der Waals surface area contributed by atoms with E-state index in [0.717, 1.165) is 18.5 Å². The van der Waals surface area contributed by atoms with Crippen molar-refractivity contribution in [2.75, 3.05) is 0 Å². The molecule has 0 spiro atoms. The second-order valence-corrected chi connectivity index (χ2v) is 8.33. The number of hydrogen-bond acceptors (Lipinski definition) is 5. The lowest BCUT2D eigenvalue weighted by Gasteiger charge is -2.31. The minimum absolute atomic E-state index is 0.0318. The van der Waals surface area contributed by atoms with Gasteiger partial charge in [-0.1, -0.05) is 66.7 Å². The molecule has 5 atom stereocenters. The smallest absolute Gasteiger partial charge is 0.190 e. The zero-order valence-electron chi connectivity index (χ0n) is 17.7. The molecule has 0 radical (unpaired) electrons. The highest BCUT2D eigenvalue weighted by molar-refractivity contribution is 5.15. The van der Waals surface area contributed by atoms with Crippen molar-refractivity contribution in [3.8, 4) is 0 Å². The Hall–Kier alpha value is -2.02. The lowest BCUT2D eigenvalue weighted by molar-refractivity contribution is -0.222. The summed E-state index contributed by atoms with van der Waals surface area (Å²) >= 11 is 0. The Morgan fingerprint density at radius 1 is 1.03 bits per heavy atom. The standard InChI is InChI=1S/C25H31NO4/c1-4-11-20(26-16-18-12-7-5-8-13-18)21-22(27-17-19-14-9-6-10-15-19)23-24(28-21)30-25(2,3)29-23/h4-10,12-15,20-24,26H,1,11,16-17H2,2-3H3/t20-,21-,22+,23-,24-/m1/s1. The molecular formula is C25H31NO4. The minimum atomic E-state index is -0.680. The number of fused-ring (bicyclic) bond motifs is 1. The molecule has 0 saturated carbocycles. The van der Waals surface area contributed by atoms with Gasteiger partial charge in [-0.05, 0) is 31.4 Å². The molecule has 2 heterocycles. The highest BCUT2D eigenvalue weighted by atomic mass is 16.8. The van der Waals surface area contributed by atoms with Gasteiger partial charge in [0.15, 0.2) is 12.1 Å². The fourth-order valence-corrected chi connectivity index (χ4v) is 4.14. The maximum Gasteiger partial charge on any atom is 0.190 e. The second-order valence-electron chi connectivity index (χ2n) is 8.33. The van der Waals surface area contributed by atoms with Crippen LogP contribution < -0.4 is 5.32 Å². The third-order valence-electron chi connectivity index (χ3n) is 5.54. The first kappa shape index (κ1) is 21.2. The summed E-state index contributed by atoms with van der Waals surface area (Å²) in [5, 5.41) is 3.63. The van der Waals surface area contributed by atoms with Crippen LogP contribution in [-0.4, -0.2) is 36.4 Å².